The van der Waals surface area contributed by atoms with E-state index in [0.717, 1.165) is 16.3 Å². The van der Waals surface area contributed by atoms with Crippen LogP contribution in [0.3, 0.4) is 0 Å². The van der Waals surface area contributed by atoms with Gasteiger partial charge in [-0.25, -0.2) is 0 Å². The first-order valence-corrected chi connectivity index (χ1v) is 4.29. The summed E-state index contributed by atoms with van der Waals surface area (Å²) < 4.78 is 2.65. The first kappa shape index (κ1) is 8.84. The predicted octanol–water partition coefficient (Wildman–Crippen LogP) is 2.87. The highest BCUT2D eigenvalue weighted by molar-refractivity contribution is 9.08. The molecule has 0 aliphatic rings. The predicted molar refractivity (Wildman–Crippen MR) is 51.9 cm³/mol. The minimum atomic E-state index is 0.783. The molecule has 0 fully saturated rings. The molecule has 0 saturated heterocycles. The Hall–Kier alpha value is -0.250. The number of aryl methyl sites for hydroxylation is 1. The molecule has 1 aromatic carbocycles. The summed E-state index contributed by atoms with van der Waals surface area (Å²) in [5.74, 6) is 0. The minimum Gasteiger partial charge on any atom is -0.312 e. The maximum atomic E-state index is 5.82. The second kappa shape index (κ2) is 3.95. The molecule has 0 heterocycles. The number of hydrazine groups is 1. The lowest BCUT2D eigenvalue weighted by Gasteiger charge is -2.04. The summed E-state index contributed by atoms with van der Waals surface area (Å²) in [5, 5.41) is 0.783. The van der Waals surface area contributed by atoms with Crippen molar-refractivity contribution in [1.29, 1.82) is 0 Å². The van der Waals surface area contributed by atoms with Crippen molar-refractivity contribution >= 4 is 33.4 Å². The SMILES string of the molecule is Cc1cc(NNBr)ccc1Cl. The van der Waals surface area contributed by atoms with Gasteiger partial charge in [0.1, 0.15) is 0 Å². The number of anilines is 1. The Morgan fingerprint density at radius 1 is 1.45 bits per heavy atom. The second-order valence-electron chi connectivity index (χ2n) is 2.18. The standard InChI is InChI=1S/C7H8BrClN2/c1-5-4-6(10-11-8)2-3-7(5)9/h2-4,10-11H,1H3. The van der Waals surface area contributed by atoms with Crippen LogP contribution in [0.5, 0.6) is 0 Å². The zero-order valence-corrected chi connectivity index (χ0v) is 8.33. The summed E-state index contributed by atoms with van der Waals surface area (Å²) in [7, 11) is 0. The van der Waals surface area contributed by atoms with Gasteiger partial charge in [-0.1, -0.05) is 11.6 Å². The fraction of sp³-hybridized carbons (Fsp3) is 0.143. The average molecular weight is 236 g/mol. The Bertz CT molecular complexity index is 252. The van der Waals surface area contributed by atoms with Gasteiger partial charge in [-0.2, -0.15) is 4.45 Å². The summed E-state index contributed by atoms with van der Waals surface area (Å²) in [5.41, 5.74) is 4.91. The van der Waals surface area contributed by atoms with Crippen LogP contribution in [0.2, 0.25) is 5.02 Å². The van der Waals surface area contributed by atoms with Crippen molar-refractivity contribution in [2.24, 2.45) is 0 Å². The Morgan fingerprint density at radius 2 is 2.18 bits per heavy atom. The first-order chi connectivity index (χ1) is 5.24. The molecule has 0 bridgehead atoms. The number of rotatable bonds is 2. The molecule has 0 aliphatic heterocycles. The highest BCUT2D eigenvalue weighted by atomic mass is 79.9. The van der Waals surface area contributed by atoms with Crippen LogP contribution in [-0.4, -0.2) is 0 Å². The molecule has 60 valence electrons. The molecular formula is C7H8BrClN2. The van der Waals surface area contributed by atoms with Crippen molar-refractivity contribution in [1.82, 2.24) is 4.45 Å². The van der Waals surface area contributed by atoms with E-state index in [9.17, 15) is 0 Å². The van der Waals surface area contributed by atoms with E-state index in [2.05, 4.69) is 26.0 Å². The lowest BCUT2D eigenvalue weighted by molar-refractivity contribution is 1.24. The van der Waals surface area contributed by atoms with E-state index in [4.69, 9.17) is 11.6 Å². The van der Waals surface area contributed by atoms with Gasteiger partial charge >= 0.3 is 0 Å². The van der Waals surface area contributed by atoms with Gasteiger partial charge in [-0.15, -0.1) is 0 Å². The van der Waals surface area contributed by atoms with Crippen molar-refractivity contribution < 1.29 is 0 Å². The van der Waals surface area contributed by atoms with Crippen LogP contribution in [0.25, 0.3) is 0 Å². The average Bonchev–Trinajstić information content (AvgIpc) is 1.98. The summed E-state index contributed by atoms with van der Waals surface area (Å²) in [6.45, 7) is 1.96. The fourth-order valence-electron chi connectivity index (χ4n) is 0.777. The van der Waals surface area contributed by atoms with Gasteiger partial charge in [0, 0.05) is 26.9 Å². The third kappa shape index (κ3) is 2.36. The van der Waals surface area contributed by atoms with Crippen LogP contribution >= 0.6 is 27.7 Å². The van der Waals surface area contributed by atoms with Gasteiger partial charge in [-0.3, -0.25) is 0 Å². The smallest absolute Gasteiger partial charge is 0.0500 e. The molecule has 1 aromatic rings. The monoisotopic (exact) mass is 234 g/mol. The highest BCUT2D eigenvalue weighted by Crippen LogP contribution is 2.18. The van der Waals surface area contributed by atoms with Crippen molar-refractivity contribution in [2.75, 3.05) is 5.43 Å². The van der Waals surface area contributed by atoms with Gasteiger partial charge < -0.3 is 5.43 Å². The van der Waals surface area contributed by atoms with Crippen LogP contribution in [-0.2, 0) is 0 Å². The van der Waals surface area contributed by atoms with Gasteiger partial charge in [0.05, 0.1) is 0 Å². The Balaban J connectivity index is 2.86. The fourth-order valence-corrected chi connectivity index (χ4v) is 1.12. The van der Waals surface area contributed by atoms with E-state index in [1.165, 1.54) is 0 Å². The zero-order valence-electron chi connectivity index (χ0n) is 5.99. The molecule has 2 N–H and O–H groups in total. The van der Waals surface area contributed by atoms with Crippen molar-refractivity contribution in [2.45, 2.75) is 6.92 Å². The van der Waals surface area contributed by atoms with E-state index >= 15 is 0 Å². The summed E-state index contributed by atoms with van der Waals surface area (Å²) in [6, 6.07) is 5.70. The number of nitrogens with one attached hydrogen (secondary N) is 2. The Kier molecular flexibility index (Phi) is 3.17. The van der Waals surface area contributed by atoms with Crippen LogP contribution in [0.15, 0.2) is 18.2 Å². The van der Waals surface area contributed by atoms with E-state index < -0.39 is 0 Å². The topological polar surface area (TPSA) is 24.1 Å². The maximum Gasteiger partial charge on any atom is 0.0500 e. The van der Waals surface area contributed by atoms with Crippen LogP contribution in [0.1, 0.15) is 5.56 Å². The van der Waals surface area contributed by atoms with Crippen molar-refractivity contribution in [3.63, 3.8) is 0 Å². The molecular weight excluding hydrogens is 227 g/mol. The Labute approximate surface area is 79.2 Å². The minimum absolute atomic E-state index is 0.783. The summed E-state index contributed by atoms with van der Waals surface area (Å²) in [4.78, 5) is 0. The largest absolute Gasteiger partial charge is 0.312 e. The van der Waals surface area contributed by atoms with Gasteiger partial charge in [0.25, 0.3) is 0 Å². The van der Waals surface area contributed by atoms with Crippen LogP contribution in [0.4, 0.5) is 5.69 Å². The molecule has 0 radical (unpaired) electrons. The van der Waals surface area contributed by atoms with Gasteiger partial charge in [0.2, 0.25) is 0 Å². The molecule has 2 nitrogen and oxygen atoms in total. The normalized spacial score (nSPS) is 9.73. The van der Waals surface area contributed by atoms with Gasteiger partial charge in [-0.05, 0) is 30.7 Å². The molecule has 0 aliphatic carbocycles. The number of hydrogen-bond acceptors (Lipinski definition) is 2. The van der Waals surface area contributed by atoms with Gasteiger partial charge in [0.15, 0.2) is 0 Å². The second-order valence-corrected chi connectivity index (χ2v) is 2.99. The van der Waals surface area contributed by atoms with Crippen LogP contribution in [0, 0.1) is 6.92 Å². The molecule has 0 unspecified atom stereocenters. The lowest BCUT2D eigenvalue weighted by atomic mass is 10.2. The molecule has 0 aromatic heterocycles. The van der Waals surface area contributed by atoms with Crippen molar-refractivity contribution in [3.05, 3.63) is 28.8 Å². The molecule has 0 spiro atoms. The number of benzene rings is 1. The van der Waals surface area contributed by atoms with Crippen molar-refractivity contribution in [3.8, 4) is 0 Å². The zero-order chi connectivity index (χ0) is 8.27. The summed E-state index contributed by atoms with van der Waals surface area (Å²) in [6.07, 6.45) is 0. The lowest BCUT2D eigenvalue weighted by Crippen LogP contribution is -2.07. The maximum absolute atomic E-state index is 5.82. The molecule has 0 amide bonds. The number of hydrogen-bond donors (Lipinski definition) is 2. The third-order valence-electron chi connectivity index (χ3n) is 1.35. The molecule has 11 heavy (non-hydrogen) atoms. The quantitative estimate of drug-likeness (QED) is 0.608. The van der Waals surface area contributed by atoms with Crippen LogP contribution < -0.4 is 9.88 Å². The van der Waals surface area contributed by atoms with E-state index in [1.54, 1.807) is 0 Å². The van der Waals surface area contributed by atoms with E-state index in [0.29, 0.717) is 0 Å². The van der Waals surface area contributed by atoms with E-state index in [-0.39, 0.29) is 0 Å². The highest BCUT2D eigenvalue weighted by Gasteiger charge is 1.95. The van der Waals surface area contributed by atoms with E-state index in [1.807, 2.05) is 25.1 Å². The summed E-state index contributed by atoms with van der Waals surface area (Å²) >= 11 is 8.86. The molecule has 0 saturated carbocycles. The molecule has 0 atom stereocenters. The Morgan fingerprint density at radius 3 is 2.73 bits per heavy atom. The third-order valence-corrected chi connectivity index (χ3v) is 1.97. The number of halogens is 2. The molecule has 1 rings (SSSR count). The first-order valence-electron chi connectivity index (χ1n) is 3.12. The molecule has 4 heteroatoms.